The largest absolute Gasteiger partial charge is 0.494 e. The predicted molar refractivity (Wildman–Crippen MR) is 135 cm³/mol. The van der Waals surface area contributed by atoms with Crippen molar-refractivity contribution in [2.75, 3.05) is 6.61 Å². The van der Waals surface area contributed by atoms with Gasteiger partial charge in [-0.15, -0.1) is 0 Å². The first-order chi connectivity index (χ1) is 16.3. The number of rotatable bonds is 12. The molecule has 2 aromatic heterocycles. The highest BCUT2D eigenvalue weighted by Gasteiger charge is 2.09. The molecule has 4 aromatic rings. The molecule has 172 valence electrons. The monoisotopic (exact) mass is 444 g/mol. The van der Waals surface area contributed by atoms with Crippen LogP contribution in [-0.2, 0) is 0 Å². The highest BCUT2D eigenvalue weighted by atomic mass is 16.5. The van der Waals surface area contributed by atoms with E-state index in [0.29, 0.717) is 11.0 Å². The van der Waals surface area contributed by atoms with E-state index in [-0.39, 0.29) is 5.56 Å². The lowest BCUT2D eigenvalue weighted by Crippen LogP contribution is -2.17. The highest BCUT2D eigenvalue weighted by molar-refractivity contribution is 6.04. The summed E-state index contributed by atoms with van der Waals surface area (Å²) in [6.45, 7) is 2.99. The van der Waals surface area contributed by atoms with Crippen LogP contribution in [0.25, 0.3) is 21.9 Å². The van der Waals surface area contributed by atoms with E-state index in [1.165, 1.54) is 55.9 Å². The van der Waals surface area contributed by atoms with Crippen LogP contribution >= 0.6 is 0 Å². The molecule has 0 unspecified atom stereocenters. The molecule has 1 N–H and O–H groups in total. The smallest absolute Gasteiger partial charge is 0.298 e. The van der Waals surface area contributed by atoms with Crippen LogP contribution in [0, 0.1) is 0 Å². The Morgan fingerprint density at radius 3 is 2.48 bits per heavy atom. The first kappa shape index (κ1) is 22.8. The van der Waals surface area contributed by atoms with Gasteiger partial charge in [0, 0.05) is 10.9 Å². The molecule has 0 aliphatic rings. The van der Waals surface area contributed by atoms with E-state index in [1.54, 1.807) is 6.21 Å². The fourth-order valence-electron chi connectivity index (χ4n) is 3.98. The summed E-state index contributed by atoms with van der Waals surface area (Å²) in [6.07, 6.45) is 13.4. The summed E-state index contributed by atoms with van der Waals surface area (Å²) in [5.74, 6) is 0.855. The lowest BCUT2D eigenvalue weighted by molar-refractivity contribution is 0.304. The second-order valence-corrected chi connectivity index (χ2v) is 8.43. The normalized spacial score (nSPS) is 11.7. The molecular weight excluding hydrogens is 412 g/mol. The zero-order valence-electron chi connectivity index (χ0n) is 19.3. The molecule has 6 heteroatoms. The topological polar surface area (TPSA) is 72.3 Å². The van der Waals surface area contributed by atoms with Crippen molar-refractivity contribution in [3.05, 3.63) is 70.8 Å². The molecule has 2 aromatic carbocycles. The molecule has 0 amide bonds. The predicted octanol–water partition coefficient (Wildman–Crippen LogP) is 6.28. The maximum atomic E-state index is 12.8. The molecule has 0 radical (unpaired) electrons. The summed E-state index contributed by atoms with van der Waals surface area (Å²) in [5.41, 5.74) is 2.68. The minimum atomic E-state index is -0.224. The number of unbranched alkanes of at least 4 members (excludes halogenated alkanes) is 7. The molecule has 2 heterocycles. The number of benzene rings is 2. The van der Waals surface area contributed by atoms with Crippen molar-refractivity contribution in [1.29, 1.82) is 0 Å². The second-order valence-electron chi connectivity index (χ2n) is 8.43. The number of hydrogen-bond acceptors (Lipinski definition) is 4. The first-order valence-corrected chi connectivity index (χ1v) is 12.0. The van der Waals surface area contributed by atoms with Gasteiger partial charge < -0.3 is 9.72 Å². The number of para-hydroxylation sites is 1. The van der Waals surface area contributed by atoms with Gasteiger partial charge in [0.2, 0.25) is 0 Å². The molecule has 0 saturated carbocycles. The summed E-state index contributed by atoms with van der Waals surface area (Å²) < 4.78 is 7.11. The molecule has 0 fully saturated rings. The zero-order chi connectivity index (χ0) is 22.9. The number of fused-ring (bicyclic) bond motifs is 3. The molecule has 0 spiro atoms. The van der Waals surface area contributed by atoms with Gasteiger partial charge in [-0.05, 0) is 42.3 Å². The summed E-state index contributed by atoms with van der Waals surface area (Å²) >= 11 is 0. The summed E-state index contributed by atoms with van der Waals surface area (Å²) in [5, 5.41) is 5.24. The van der Waals surface area contributed by atoms with Crippen LogP contribution < -0.4 is 10.3 Å². The number of H-pyrrole nitrogens is 1. The number of aromatic nitrogens is 3. The summed E-state index contributed by atoms with van der Waals surface area (Å²) in [7, 11) is 0. The van der Waals surface area contributed by atoms with Crippen molar-refractivity contribution in [2.45, 2.75) is 58.3 Å². The third-order valence-electron chi connectivity index (χ3n) is 5.87. The number of nitrogens with zero attached hydrogens (tertiary/aromatic N) is 3. The maximum Gasteiger partial charge on any atom is 0.298 e. The van der Waals surface area contributed by atoms with E-state index in [9.17, 15) is 4.79 Å². The van der Waals surface area contributed by atoms with Gasteiger partial charge >= 0.3 is 0 Å². The molecule has 0 atom stereocenters. The van der Waals surface area contributed by atoms with Crippen LogP contribution in [0.15, 0.2) is 64.8 Å². The van der Waals surface area contributed by atoms with E-state index < -0.39 is 0 Å². The van der Waals surface area contributed by atoms with Crippen molar-refractivity contribution in [3.63, 3.8) is 0 Å². The van der Waals surface area contributed by atoms with E-state index in [1.807, 2.05) is 48.5 Å². The van der Waals surface area contributed by atoms with Crippen LogP contribution in [-0.4, -0.2) is 27.5 Å². The lowest BCUT2D eigenvalue weighted by atomic mass is 10.1. The Morgan fingerprint density at radius 2 is 1.70 bits per heavy atom. The van der Waals surface area contributed by atoms with E-state index in [0.717, 1.165) is 35.2 Å². The van der Waals surface area contributed by atoms with Crippen LogP contribution in [0.1, 0.15) is 63.9 Å². The fraction of sp³-hybridized carbons (Fsp3) is 0.370. The first-order valence-electron chi connectivity index (χ1n) is 12.0. The molecule has 4 rings (SSSR count). The minimum absolute atomic E-state index is 0.224. The molecule has 33 heavy (non-hydrogen) atoms. The SMILES string of the molecule is CCCCCCCCCCOc1ccc(C=Nn2cnc3c([nH]c4ccccc43)c2=O)cc1. The van der Waals surface area contributed by atoms with Crippen molar-refractivity contribution in [3.8, 4) is 5.75 Å². The summed E-state index contributed by atoms with van der Waals surface area (Å²) in [6, 6.07) is 15.5. The lowest BCUT2D eigenvalue weighted by Gasteiger charge is -2.06. The Hall–Kier alpha value is -3.41. The van der Waals surface area contributed by atoms with Crippen LogP contribution in [0.3, 0.4) is 0 Å². The Kier molecular flexibility index (Phi) is 7.90. The van der Waals surface area contributed by atoms with Crippen LogP contribution in [0.5, 0.6) is 5.75 Å². The fourth-order valence-corrected chi connectivity index (χ4v) is 3.98. The molecule has 0 aliphatic heterocycles. The Morgan fingerprint density at radius 1 is 0.970 bits per heavy atom. The van der Waals surface area contributed by atoms with Gasteiger partial charge in [-0.1, -0.05) is 70.1 Å². The number of ether oxygens (including phenoxy) is 1. The zero-order valence-corrected chi connectivity index (χ0v) is 19.3. The number of aromatic amines is 1. The maximum absolute atomic E-state index is 12.8. The molecule has 0 bridgehead atoms. The van der Waals surface area contributed by atoms with Gasteiger partial charge in [-0.2, -0.15) is 9.78 Å². The van der Waals surface area contributed by atoms with Gasteiger partial charge in [0.15, 0.2) is 0 Å². The average molecular weight is 445 g/mol. The van der Waals surface area contributed by atoms with Gasteiger partial charge in [0.1, 0.15) is 23.1 Å². The van der Waals surface area contributed by atoms with Gasteiger partial charge in [0.05, 0.1) is 12.8 Å². The second kappa shape index (κ2) is 11.5. The molecular formula is C27H32N4O2. The van der Waals surface area contributed by atoms with Crippen molar-refractivity contribution < 1.29 is 4.74 Å². The Bertz CT molecular complexity index is 1250. The van der Waals surface area contributed by atoms with E-state index in [4.69, 9.17) is 4.74 Å². The number of nitrogens with one attached hydrogen (secondary N) is 1. The highest BCUT2D eigenvalue weighted by Crippen LogP contribution is 2.20. The van der Waals surface area contributed by atoms with Crippen LogP contribution in [0.2, 0.25) is 0 Å². The molecule has 0 aliphatic carbocycles. The third-order valence-corrected chi connectivity index (χ3v) is 5.87. The quantitative estimate of drug-likeness (QED) is 0.206. The van der Waals surface area contributed by atoms with Gasteiger partial charge in [0.25, 0.3) is 5.56 Å². The third kappa shape index (κ3) is 5.89. The number of hydrogen-bond donors (Lipinski definition) is 1. The van der Waals surface area contributed by atoms with Crippen LogP contribution in [0.4, 0.5) is 0 Å². The van der Waals surface area contributed by atoms with Gasteiger partial charge in [-0.3, -0.25) is 4.79 Å². The average Bonchev–Trinajstić information content (AvgIpc) is 3.23. The Balaban J connectivity index is 1.29. The summed E-state index contributed by atoms with van der Waals surface area (Å²) in [4.78, 5) is 20.4. The van der Waals surface area contributed by atoms with E-state index >= 15 is 0 Å². The van der Waals surface area contributed by atoms with Crippen molar-refractivity contribution in [2.24, 2.45) is 5.10 Å². The Labute approximate surface area is 194 Å². The van der Waals surface area contributed by atoms with E-state index in [2.05, 4.69) is 22.0 Å². The van der Waals surface area contributed by atoms with Crippen molar-refractivity contribution in [1.82, 2.24) is 14.6 Å². The molecule has 0 saturated heterocycles. The van der Waals surface area contributed by atoms with Crippen molar-refractivity contribution >= 4 is 28.2 Å². The molecule has 6 nitrogen and oxygen atoms in total. The standard InChI is InChI=1S/C27H32N4O2/c1-2-3-4-5-6-7-8-11-18-33-22-16-14-21(15-17-22)19-29-31-20-28-25-23-12-9-10-13-24(23)30-26(25)27(31)32/h9-10,12-17,19-20,30H,2-8,11,18H2,1H3. The minimum Gasteiger partial charge on any atom is -0.494 e. The van der Waals surface area contributed by atoms with Gasteiger partial charge in [-0.25, -0.2) is 4.98 Å².